The minimum absolute atomic E-state index is 0.00693. The van der Waals surface area contributed by atoms with Crippen LogP contribution in [0.5, 0.6) is 0 Å². The van der Waals surface area contributed by atoms with Gasteiger partial charge in [0.1, 0.15) is 5.69 Å². The Hall–Kier alpha value is -1.90. The van der Waals surface area contributed by atoms with Crippen LogP contribution in [0.15, 0.2) is 0 Å². The summed E-state index contributed by atoms with van der Waals surface area (Å²) < 4.78 is 25.3. The highest BCUT2D eigenvalue weighted by Gasteiger charge is 2.36. The first kappa shape index (κ1) is 19.9. The molecule has 2 aliphatic rings. The number of nitrogens with zero attached hydrogens (tertiary/aromatic N) is 3. The van der Waals surface area contributed by atoms with E-state index in [4.69, 9.17) is 0 Å². The van der Waals surface area contributed by atoms with E-state index >= 15 is 0 Å². The average molecular weight is 397 g/mol. The fraction of sp³-hybridized carbons (Fsp3) is 0.722. The highest BCUT2D eigenvalue weighted by atomic mass is 32.2. The van der Waals surface area contributed by atoms with Crippen molar-refractivity contribution >= 4 is 21.7 Å². The van der Waals surface area contributed by atoms with Gasteiger partial charge in [-0.15, -0.1) is 0 Å². The Labute approximate surface area is 160 Å². The largest absolute Gasteiger partial charge is 0.349 e. The van der Waals surface area contributed by atoms with E-state index in [1.807, 2.05) is 18.4 Å². The summed E-state index contributed by atoms with van der Waals surface area (Å²) in [5.41, 5.74) is 1.07. The van der Waals surface area contributed by atoms with Gasteiger partial charge in [-0.25, -0.2) is 13.4 Å². The normalized spacial score (nSPS) is 21.1. The maximum absolute atomic E-state index is 13.0. The molecule has 0 saturated carbocycles. The molecule has 1 atom stereocenters. The van der Waals surface area contributed by atoms with Crippen molar-refractivity contribution in [3.63, 3.8) is 0 Å². The van der Waals surface area contributed by atoms with E-state index < -0.39 is 9.84 Å². The van der Waals surface area contributed by atoms with E-state index in [0.717, 1.165) is 18.5 Å². The lowest BCUT2D eigenvalue weighted by Gasteiger charge is -2.23. The third-order valence-corrected chi connectivity index (χ3v) is 7.02. The van der Waals surface area contributed by atoms with Gasteiger partial charge in [-0.05, 0) is 31.6 Å². The molecule has 0 aliphatic carbocycles. The Morgan fingerprint density at radius 3 is 2.70 bits per heavy atom. The molecule has 3 heterocycles. The van der Waals surface area contributed by atoms with E-state index in [2.05, 4.69) is 10.3 Å². The molecule has 1 saturated heterocycles. The quantitative estimate of drug-likeness (QED) is 0.796. The summed E-state index contributed by atoms with van der Waals surface area (Å²) in [5.74, 6) is 0.136. The molecule has 27 heavy (non-hydrogen) atoms. The van der Waals surface area contributed by atoms with Crippen LogP contribution in [0.25, 0.3) is 0 Å². The molecule has 150 valence electrons. The fourth-order valence-electron chi connectivity index (χ4n) is 3.68. The molecule has 1 N–H and O–H groups in total. The monoisotopic (exact) mass is 396 g/mol. The van der Waals surface area contributed by atoms with Crippen molar-refractivity contribution in [1.82, 2.24) is 19.8 Å². The van der Waals surface area contributed by atoms with Crippen LogP contribution in [0, 0.1) is 5.92 Å². The van der Waals surface area contributed by atoms with Crippen LogP contribution >= 0.6 is 0 Å². The number of nitrogens with one attached hydrogen (secondary N) is 1. The number of carbonyl (C=O) groups excluding carboxylic acids is 2. The first-order valence-corrected chi connectivity index (χ1v) is 11.4. The molecule has 9 heteroatoms. The molecule has 2 amide bonds. The standard InChI is InChI=1S/C18H28N4O4S/c1-12(2)10-19-17(23)16-20-15(14-6-4-5-8-22(14)16)18(24)21(3)13-7-9-27(25,26)11-13/h12-13H,4-11H2,1-3H3,(H,19,23). The number of imidazole rings is 1. The fourth-order valence-corrected chi connectivity index (χ4v) is 5.45. The highest BCUT2D eigenvalue weighted by molar-refractivity contribution is 7.91. The van der Waals surface area contributed by atoms with Gasteiger partial charge >= 0.3 is 0 Å². The topological polar surface area (TPSA) is 101 Å². The minimum atomic E-state index is -3.08. The van der Waals surface area contributed by atoms with Crippen molar-refractivity contribution < 1.29 is 18.0 Å². The van der Waals surface area contributed by atoms with Crippen molar-refractivity contribution in [2.45, 2.75) is 52.1 Å². The predicted molar refractivity (Wildman–Crippen MR) is 101 cm³/mol. The molecule has 1 fully saturated rings. The lowest BCUT2D eigenvalue weighted by atomic mass is 10.1. The van der Waals surface area contributed by atoms with Crippen LogP contribution in [0.4, 0.5) is 0 Å². The molecule has 3 rings (SSSR count). The molecular formula is C18H28N4O4S. The molecule has 0 spiro atoms. The van der Waals surface area contributed by atoms with E-state index in [1.165, 1.54) is 4.90 Å². The summed E-state index contributed by atoms with van der Waals surface area (Å²) in [5, 5.41) is 2.87. The Balaban J connectivity index is 1.86. The van der Waals surface area contributed by atoms with Crippen molar-refractivity contribution in [2.75, 3.05) is 25.1 Å². The van der Waals surface area contributed by atoms with Crippen molar-refractivity contribution in [3.8, 4) is 0 Å². The molecule has 0 aromatic carbocycles. The number of rotatable bonds is 5. The van der Waals surface area contributed by atoms with E-state index in [-0.39, 0.29) is 40.9 Å². The molecule has 2 aliphatic heterocycles. The van der Waals surface area contributed by atoms with Gasteiger partial charge in [0, 0.05) is 26.2 Å². The molecule has 1 aromatic rings. The van der Waals surface area contributed by atoms with Crippen molar-refractivity contribution in [2.24, 2.45) is 5.92 Å². The second-order valence-electron chi connectivity index (χ2n) is 7.92. The molecule has 0 radical (unpaired) electrons. The first-order valence-electron chi connectivity index (χ1n) is 9.55. The minimum Gasteiger partial charge on any atom is -0.349 e. The molecule has 8 nitrogen and oxygen atoms in total. The van der Waals surface area contributed by atoms with Crippen LogP contribution in [-0.2, 0) is 22.8 Å². The van der Waals surface area contributed by atoms with Gasteiger partial charge in [-0.1, -0.05) is 13.8 Å². The Morgan fingerprint density at radius 2 is 2.07 bits per heavy atom. The zero-order valence-corrected chi connectivity index (χ0v) is 17.0. The Kier molecular flexibility index (Phi) is 5.60. The van der Waals surface area contributed by atoms with Crippen LogP contribution in [0.1, 0.15) is 59.9 Å². The SMILES string of the molecule is CC(C)CNC(=O)c1nc(C(=O)N(C)C2CCS(=O)(=O)C2)c2n1CCCC2. The third-order valence-electron chi connectivity index (χ3n) is 5.27. The third kappa shape index (κ3) is 4.17. The summed E-state index contributed by atoms with van der Waals surface area (Å²) in [4.78, 5) is 31.5. The van der Waals surface area contributed by atoms with E-state index in [9.17, 15) is 18.0 Å². The Morgan fingerprint density at radius 1 is 1.33 bits per heavy atom. The lowest BCUT2D eigenvalue weighted by molar-refractivity contribution is 0.0740. The number of sulfone groups is 1. The van der Waals surface area contributed by atoms with Crippen LogP contribution in [0.2, 0.25) is 0 Å². The van der Waals surface area contributed by atoms with Gasteiger partial charge in [0.15, 0.2) is 15.7 Å². The maximum Gasteiger partial charge on any atom is 0.287 e. The van der Waals surface area contributed by atoms with E-state index in [1.54, 1.807) is 7.05 Å². The van der Waals surface area contributed by atoms with Crippen LogP contribution in [-0.4, -0.2) is 65.8 Å². The van der Waals surface area contributed by atoms with Gasteiger partial charge in [-0.3, -0.25) is 9.59 Å². The van der Waals surface area contributed by atoms with Gasteiger partial charge in [0.25, 0.3) is 11.8 Å². The number of aromatic nitrogens is 2. The van der Waals surface area contributed by atoms with E-state index in [0.29, 0.717) is 31.8 Å². The smallest absolute Gasteiger partial charge is 0.287 e. The zero-order chi connectivity index (χ0) is 19.8. The first-order chi connectivity index (χ1) is 12.7. The summed E-state index contributed by atoms with van der Waals surface area (Å²) in [6.45, 7) is 5.24. The lowest BCUT2D eigenvalue weighted by Crippen LogP contribution is -2.38. The van der Waals surface area contributed by atoms with Crippen LogP contribution in [0.3, 0.4) is 0 Å². The summed E-state index contributed by atoms with van der Waals surface area (Å²) in [6, 6.07) is -0.332. The molecular weight excluding hydrogens is 368 g/mol. The van der Waals surface area contributed by atoms with Gasteiger partial charge in [0.05, 0.1) is 17.2 Å². The molecule has 1 unspecified atom stereocenters. The number of fused-ring (bicyclic) bond motifs is 1. The highest BCUT2D eigenvalue weighted by Crippen LogP contribution is 2.24. The summed E-state index contributed by atoms with van der Waals surface area (Å²) in [6.07, 6.45) is 3.03. The summed E-state index contributed by atoms with van der Waals surface area (Å²) >= 11 is 0. The van der Waals surface area contributed by atoms with Gasteiger partial charge in [0.2, 0.25) is 0 Å². The second-order valence-corrected chi connectivity index (χ2v) is 10.1. The molecule has 0 bridgehead atoms. The number of hydrogen-bond donors (Lipinski definition) is 1. The molecule has 1 aromatic heterocycles. The number of carbonyl (C=O) groups is 2. The second kappa shape index (κ2) is 7.61. The van der Waals surface area contributed by atoms with Crippen molar-refractivity contribution in [1.29, 1.82) is 0 Å². The Bertz CT molecular complexity index is 844. The van der Waals surface area contributed by atoms with Crippen LogP contribution < -0.4 is 5.32 Å². The number of hydrogen-bond acceptors (Lipinski definition) is 5. The number of amides is 2. The predicted octanol–water partition coefficient (Wildman–Crippen LogP) is 0.864. The maximum atomic E-state index is 13.0. The van der Waals surface area contributed by atoms with Crippen molar-refractivity contribution in [3.05, 3.63) is 17.2 Å². The summed E-state index contributed by atoms with van der Waals surface area (Å²) in [7, 11) is -1.46. The van der Waals surface area contributed by atoms with Gasteiger partial charge < -0.3 is 14.8 Å². The average Bonchev–Trinajstić information content (AvgIpc) is 3.18. The zero-order valence-electron chi connectivity index (χ0n) is 16.2. The van der Waals surface area contributed by atoms with Gasteiger partial charge in [-0.2, -0.15) is 0 Å².